The lowest BCUT2D eigenvalue weighted by molar-refractivity contribution is -0.162. The first-order valence-electron chi connectivity index (χ1n) is 5.57. The van der Waals surface area contributed by atoms with Gasteiger partial charge in [0.15, 0.2) is 0 Å². The summed E-state index contributed by atoms with van der Waals surface area (Å²) in [5.74, 6) is -1.33. The molecule has 0 aromatic rings. The van der Waals surface area contributed by atoms with Crippen molar-refractivity contribution in [3.05, 3.63) is 0 Å². The molecule has 16 heavy (non-hydrogen) atoms. The van der Waals surface area contributed by atoms with Crippen molar-refractivity contribution in [1.29, 1.82) is 0 Å². The minimum absolute atomic E-state index is 0.0284. The molecular weight excluding hydrogens is 208 g/mol. The lowest BCUT2D eigenvalue weighted by Gasteiger charge is -2.36. The molecule has 0 aromatic carbocycles. The Hall–Kier alpha value is -1.10. The van der Waals surface area contributed by atoms with Gasteiger partial charge in [-0.25, -0.2) is 0 Å². The molecule has 0 aromatic heterocycles. The fraction of sp³-hybridized carbons (Fsp3) is 0.818. The molecule has 0 saturated heterocycles. The third-order valence-corrected chi connectivity index (χ3v) is 3.07. The summed E-state index contributed by atoms with van der Waals surface area (Å²) in [7, 11) is 3.83. The number of carbonyl (C=O) groups is 2. The summed E-state index contributed by atoms with van der Waals surface area (Å²) in [4.78, 5) is 24.9. The van der Waals surface area contributed by atoms with E-state index in [2.05, 4.69) is 5.32 Å². The van der Waals surface area contributed by atoms with E-state index in [1.807, 2.05) is 25.9 Å². The predicted molar refractivity (Wildman–Crippen MR) is 60.1 cm³/mol. The van der Waals surface area contributed by atoms with Gasteiger partial charge in [-0.2, -0.15) is 0 Å². The summed E-state index contributed by atoms with van der Waals surface area (Å²) in [6.07, 6.45) is 1.74. The fourth-order valence-corrected chi connectivity index (χ4v) is 2.02. The van der Waals surface area contributed by atoms with Crippen LogP contribution in [0.25, 0.3) is 0 Å². The SMILES string of the molecule is CC(CN(C)C)NC(=O)C1(C(=O)O)CCC1. The fourth-order valence-electron chi connectivity index (χ4n) is 2.02. The largest absolute Gasteiger partial charge is 0.480 e. The van der Waals surface area contributed by atoms with Crippen molar-refractivity contribution in [2.45, 2.75) is 32.2 Å². The molecule has 1 unspecified atom stereocenters. The molecule has 1 rings (SSSR count). The summed E-state index contributed by atoms with van der Waals surface area (Å²) in [6, 6.07) is -0.0284. The van der Waals surface area contributed by atoms with Gasteiger partial charge in [0.25, 0.3) is 0 Å². The topological polar surface area (TPSA) is 69.6 Å². The molecule has 0 bridgehead atoms. The van der Waals surface area contributed by atoms with Crippen molar-refractivity contribution < 1.29 is 14.7 Å². The molecule has 0 spiro atoms. The highest BCUT2D eigenvalue weighted by Crippen LogP contribution is 2.41. The van der Waals surface area contributed by atoms with E-state index in [0.717, 1.165) is 6.42 Å². The third-order valence-electron chi connectivity index (χ3n) is 3.07. The van der Waals surface area contributed by atoms with Crippen LogP contribution in [0.5, 0.6) is 0 Å². The van der Waals surface area contributed by atoms with E-state index in [1.165, 1.54) is 0 Å². The first kappa shape index (κ1) is 13.0. The second-order valence-electron chi connectivity index (χ2n) is 4.88. The van der Waals surface area contributed by atoms with Crippen LogP contribution < -0.4 is 5.32 Å². The van der Waals surface area contributed by atoms with Crippen LogP contribution in [0.1, 0.15) is 26.2 Å². The zero-order valence-electron chi connectivity index (χ0n) is 10.1. The lowest BCUT2D eigenvalue weighted by atomic mass is 9.68. The van der Waals surface area contributed by atoms with E-state index in [-0.39, 0.29) is 11.9 Å². The maximum Gasteiger partial charge on any atom is 0.319 e. The maximum atomic E-state index is 11.9. The van der Waals surface area contributed by atoms with Crippen LogP contribution in [0.4, 0.5) is 0 Å². The molecule has 1 aliphatic rings. The molecule has 2 N–H and O–H groups in total. The van der Waals surface area contributed by atoms with Gasteiger partial charge in [0.05, 0.1) is 0 Å². The Balaban J connectivity index is 2.54. The van der Waals surface area contributed by atoms with Crippen LogP contribution in [0.15, 0.2) is 0 Å². The zero-order chi connectivity index (χ0) is 12.3. The van der Waals surface area contributed by atoms with Crippen LogP contribution in [0.3, 0.4) is 0 Å². The van der Waals surface area contributed by atoms with Crippen LogP contribution in [-0.4, -0.2) is 48.6 Å². The number of nitrogens with zero attached hydrogens (tertiary/aromatic N) is 1. The molecule has 1 saturated carbocycles. The molecule has 0 radical (unpaired) electrons. The normalized spacial score (nSPS) is 20.0. The number of carboxylic acid groups (broad SMARTS) is 1. The molecule has 1 atom stereocenters. The van der Waals surface area contributed by atoms with Gasteiger partial charge >= 0.3 is 5.97 Å². The minimum atomic E-state index is -1.15. The Bertz CT molecular complexity index is 285. The molecule has 1 amide bonds. The number of hydrogen-bond acceptors (Lipinski definition) is 3. The van der Waals surface area contributed by atoms with Gasteiger partial charge in [0, 0.05) is 12.6 Å². The number of carbonyl (C=O) groups excluding carboxylic acids is 1. The molecule has 0 heterocycles. The van der Waals surface area contributed by atoms with Gasteiger partial charge in [0.2, 0.25) is 5.91 Å². The predicted octanol–water partition coefficient (Wildman–Crippen LogP) is 0.308. The highest BCUT2D eigenvalue weighted by atomic mass is 16.4. The van der Waals surface area contributed by atoms with Gasteiger partial charge in [-0.05, 0) is 33.9 Å². The molecule has 1 aliphatic carbocycles. The van der Waals surface area contributed by atoms with Gasteiger partial charge in [-0.15, -0.1) is 0 Å². The van der Waals surface area contributed by atoms with Gasteiger partial charge < -0.3 is 15.3 Å². The smallest absolute Gasteiger partial charge is 0.319 e. The molecule has 5 heteroatoms. The van der Waals surface area contributed by atoms with Crippen molar-refractivity contribution in [1.82, 2.24) is 10.2 Å². The number of aliphatic carboxylic acids is 1. The monoisotopic (exact) mass is 228 g/mol. The second kappa shape index (κ2) is 4.82. The van der Waals surface area contributed by atoms with Gasteiger partial charge in [0.1, 0.15) is 5.41 Å². The number of rotatable bonds is 5. The van der Waals surface area contributed by atoms with E-state index in [0.29, 0.717) is 19.4 Å². The summed E-state index contributed by atoms with van der Waals surface area (Å²) in [6.45, 7) is 2.59. The van der Waals surface area contributed by atoms with Crippen molar-refractivity contribution in [2.24, 2.45) is 5.41 Å². The molecular formula is C11H20N2O3. The Kier molecular flexibility index (Phi) is 3.91. The van der Waals surface area contributed by atoms with Crippen LogP contribution in [0.2, 0.25) is 0 Å². The number of likely N-dealkylation sites (N-methyl/N-ethyl adjacent to an activating group) is 1. The maximum absolute atomic E-state index is 11.9. The Morgan fingerprint density at radius 3 is 2.31 bits per heavy atom. The summed E-state index contributed by atoms with van der Waals surface area (Å²) < 4.78 is 0. The summed E-state index contributed by atoms with van der Waals surface area (Å²) in [5.41, 5.74) is -1.15. The van der Waals surface area contributed by atoms with Crippen molar-refractivity contribution in [2.75, 3.05) is 20.6 Å². The van der Waals surface area contributed by atoms with E-state index in [1.54, 1.807) is 0 Å². The Labute approximate surface area is 95.8 Å². The average molecular weight is 228 g/mol. The van der Waals surface area contributed by atoms with Crippen molar-refractivity contribution >= 4 is 11.9 Å². The molecule has 1 fully saturated rings. The Morgan fingerprint density at radius 2 is 2.00 bits per heavy atom. The highest BCUT2D eigenvalue weighted by molar-refractivity contribution is 6.02. The van der Waals surface area contributed by atoms with Crippen LogP contribution >= 0.6 is 0 Å². The molecule has 0 aliphatic heterocycles. The highest BCUT2D eigenvalue weighted by Gasteiger charge is 2.51. The number of hydrogen-bond donors (Lipinski definition) is 2. The first-order chi connectivity index (χ1) is 7.38. The van der Waals surface area contributed by atoms with E-state index in [4.69, 9.17) is 5.11 Å². The number of carboxylic acids is 1. The van der Waals surface area contributed by atoms with Gasteiger partial charge in [-0.1, -0.05) is 6.42 Å². The first-order valence-corrected chi connectivity index (χ1v) is 5.57. The van der Waals surface area contributed by atoms with E-state index in [9.17, 15) is 9.59 Å². The molecule has 5 nitrogen and oxygen atoms in total. The standard InChI is InChI=1S/C11H20N2O3/c1-8(7-13(2)3)12-9(14)11(10(15)16)5-4-6-11/h8H,4-7H2,1-3H3,(H,12,14)(H,15,16). The summed E-state index contributed by atoms with van der Waals surface area (Å²) in [5, 5.41) is 11.9. The van der Waals surface area contributed by atoms with Crippen molar-refractivity contribution in [3.63, 3.8) is 0 Å². The van der Waals surface area contributed by atoms with Gasteiger partial charge in [-0.3, -0.25) is 9.59 Å². The van der Waals surface area contributed by atoms with Crippen LogP contribution in [-0.2, 0) is 9.59 Å². The zero-order valence-corrected chi connectivity index (χ0v) is 10.1. The second-order valence-corrected chi connectivity index (χ2v) is 4.88. The number of nitrogens with one attached hydrogen (secondary N) is 1. The minimum Gasteiger partial charge on any atom is -0.480 e. The van der Waals surface area contributed by atoms with E-state index < -0.39 is 11.4 Å². The lowest BCUT2D eigenvalue weighted by Crippen LogP contribution is -2.54. The number of amides is 1. The summed E-state index contributed by atoms with van der Waals surface area (Å²) >= 11 is 0. The van der Waals surface area contributed by atoms with Crippen LogP contribution in [0, 0.1) is 5.41 Å². The van der Waals surface area contributed by atoms with Crippen molar-refractivity contribution in [3.8, 4) is 0 Å². The Morgan fingerprint density at radius 1 is 1.44 bits per heavy atom. The molecule has 92 valence electrons. The third kappa shape index (κ3) is 2.52. The average Bonchev–Trinajstić information content (AvgIpc) is 1.97. The van der Waals surface area contributed by atoms with E-state index >= 15 is 0 Å². The quantitative estimate of drug-likeness (QED) is 0.664.